The first kappa shape index (κ1) is 18.4. The summed E-state index contributed by atoms with van der Waals surface area (Å²) in [6.07, 6.45) is 1.97. The van der Waals surface area contributed by atoms with Gasteiger partial charge in [-0.15, -0.1) is 0 Å². The first-order chi connectivity index (χ1) is 12.6. The number of ether oxygens (including phenoxy) is 1. The Morgan fingerprint density at radius 3 is 2.27 bits per heavy atom. The number of benzene rings is 2. The average molecular weight is 371 g/mol. The van der Waals surface area contributed by atoms with Crippen LogP contribution in [-0.2, 0) is 18.6 Å². The number of rotatable bonds is 6. The molecule has 1 aliphatic heterocycles. The highest BCUT2D eigenvalue weighted by Crippen LogP contribution is 2.68. The quantitative estimate of drug-likeness (QED) is 0.544. The molecule has 136 valence electrons. The fourth-order valence-electron chi connectivity index (χ4n) is 3.16. The second-order valence-electron chi connectivity index (χ2n) is 5.88. The summed E-state index contributed by atoms with van der Waals surface area (Å²) in [7, 11) is -2.02. The monoisotopic (exact) mass is 371 g/mol. The predicted molar refractivity (Wildman–Crippen MR) is 103 cm³/mol. The van der Waals surface area contributed by atoms with Crippen LogP contribution >= 0.6 is 7.52 Å². The molecule has 26 heavy (non-hydrogen) atoms. The first-order valence-electron chi connectivity index (χ1n) is 8.54. The minimum absolute atomic E-state index is 0.0960. The Morgan fingerprint density at radius 2 is 1.69 bits per heavy atom. The van der Waals surface area contributed by atoms with Gasteiger partial charge in [0.15, 0.2) is 0 Å². The molecule has 2 atom stereocenters. The van der Waals surface area contributed by atoms with E-state index in [-0.39, 0.29) is 12.4 Å². The Labute approximate surface area is 153 Å². The van der Waals surface area contributed by atoms with Gasteiger partial charge in [0.25, 0.3) is 0 Å². The van der Waals surface area contributed by atoms with Gasteiger partial charge in [-0.2, -0.15) is 0 Å². The van der Waals surface area contributed by atoms with Crippen molar-refractivity contribution >= 4 is 24.5 Å². The third kappa shape index (κ3) is 3.46. The first-order valence-corrected chi connectivity index (χ1v) is 10.1. The highest BCUT2D eigenvalue weighted by molar-refractivity contribution is 7.71. The molecule has 0 amide bonds. The number of anilines is 1. The van der Waals surface area contributed by atoms with Gasteiger partial charge in [0, 0.05) is 5.69 Å². The molecule has 5 nitrogen and oxygen atoms in total. The van der Waals surface area contributed by atoms with E-state index >= 15 is 0 Å². The van der Waals surface area contributed by atoms with Crippen molar-refractivity contribution in [3.05, 3.63) is 72.3 Å². The molecule has 0 aliphatic carbocycles. The minimum Gasteiger partial charge on any atom is -0.469 e. The molecule has 0 N–H and O–H groups in total. The van der Waals surface area contributed by atoms with Crippen LogP contribution in [0.5, 0.6) is 0 Å². The van der Waals surface area contributed by atoms with Gasteiger partial charge in [-0.05, 0) is 30.7 Å². The Hall–Kier alpha value is -2.36. The predicted octanol–water partition coefficient (Wildman–Crippen LogP) is 4.71. The number of esters is 1. The number of methoxy groups -OCH3 is 1. The summed E-state index contributed by atoms with van der Waals surface area (Å²) in [4.78, 5) is 11.9. The standard InChI is InChI=1S/C20H22NO4P/c1-3-25-26(23)19(16-10-6-4-7-11-16)14-18(15-20(22)24-2)21(26)17-12-8-5-9-13-17/h4-14,18H,3,15H2,1-2H3. The maximum absolute atomic E-state index is 14.0. The highest BCUT2D eigenvalue weighted by Gasteiger charge is 2.46. The van der Waals surface area contributed by atoms with Gasteiger partial charge in [0.2, 0.25) is 0 Å². The van der Waals surface area contributed by atoms with E-state index < -0.39 is 13.6 Å². The van der Waals surface area contributed by atoms with Gasteiger partial charge in [-0.1, -0.05) is 48.5 Å². The fraction of sp³-hybridized carbons (Fsp3) is 0.250. The Morgan fingerprint density at radius 1 is 1.08 bits per heavy atom. The van der Waals surface area contributed by atoms with Crippen molar-refractivity contribution in [3.63, 3.8) is 0 Å². The van der Waals surface area contributed by atoms with E-state index in [9.17, 15) is 9.36 Å². The van der Waals surface area contributed by atoms with Crippen LogP contribution in [0.25, 0.3) is 5.31 Å². The smallest absolute Gasteiger partial charge is 0.327 e. The number of hydrogen-bond donors (Lipinski definition) is 0. The third-order valence-corrected chi connectivity index (χ3v) is 6.97. The molecule has 1 heterocycles. The van der Waals surface area contributed by atoms with E-state index in [0.29, 0.717) is 11.9 Å². The molecule has 0 saturated heterocycles. The van der Waals surface area contributed by atoms with Gasteiger partial charge >= 0.3 is 13.5 Å². The summed E-state index contributed by atoms with van der Waals surface area (Å²) in [5.41, 5.74) is 1.58. The fourth-order valence-corrected chi connectivity index (χ4v) is 5.81. The zero-order valence-corrected chi connectivity index (χ0v) is 15.8. The molecule has 0 saturated carbocycles. The van der Waals surface area contributed by atoms with Gasteiger partial charge in [0.1, 0.15) is 0 Å². The number of nitrogens with zero attached hydrogens (tertiary/aromatic N) is 1. The SMILES string of the molecule is CCOP1(=O)C(c2ccccc2)=CC(CC(=O)OC)N1c1ccccc1. The maximum Gasteiger partial charge on any atom is 0.327 e. The molecular weight excluding hydrogens is 349 g/mol. The largest absolute Gasteiger partial charge is 0.469 e. The van der Waals surface area contributed by atoms with Crippen LogP contribution in [-0.4, -0.2) is 25.7 Å². The number of carbonyl (C=O) groups is 1. The van der Waals surface area contributed by atoms with E-state index in [0.717, 1.165) is 11.3 Å². The summed E-state index contributed by atoms with van der Waals surface area (Å²) in [5.74, 6) is -0.357. The van der Waals surface area contributed by atoms with Gasteiger partial charge in [-0.3, -0.25) is 14.0 Å². The number of hydrogen-bond acceptors (Lipinski definition) is 4. The van der Waals surface area contributed by atoms with E-state index in [2.05, 4.69) is 0 Å². The Balaban J connectivity index is 2.12. The van der Waals surface area contributed by atoms with Crippen LogP contribution in [0.3, 0.4) is 0 Å². The molecular formula is C20H22NO4P. The molecule has 2 unspecified atom stereocenters. The molecule has 0 fully saturated rings. The lowest BCUT2D eigenvalue weighted by molar-refractivity contribution is -0.140. The van der Waals surface area contributed by atoms with E-state index in [1.165, 1.54) is 7.11 Å². The molecule has 0 aromatic heterocycles. The van der Waals surface area contributed by atoms with Gasteiger partial charge < -0.3 is 9.26 Å². The number of carbonyl (C=O) groups excluding carboxylic acids is 1. The molecule has 2 aromatic carbocycles. The van der Waals surface area contributed by atoms with Crippen LogP contribution in [0.4, 0.5) is 5.69 Å². The van der Waals surface area contributed by atoms with Crippen molar-refractivity contribution in [1.29, 1.82) is 0 Å². The van der Waals surface area contributed by atoms with Gasteiger partial charge in [-0.25, -0.2) is 0 Å². The summed E-state index contributed by atoms with van der Waals surface area (Å²) in [6.45, 7) is 2.12. The molecule has 0 spiro atoms. The summed E-state index contributed by atoms with van der Waals surface area (Å²) < 4.78 is 26.4. The van der Waals surface area contributed by atoms with Crippen molar-refractivity contribution in [1.82, 2.24) is 0 Å². The summed E-state index contributed by atoms with van der Waals surface area (Å²) in [5, 5.41) is 0.623. The lowest BCUT2D eigenvalue weighted by atomic mass is 10.1. The lowest BCUT2D eigenvalue weighted by Gasteiger charge is -2.32. The molecule has 1 aliphatic rings. The van der Waals surface area contributed by atoms with Crippen LogP contribution in [0.1, 0.15) is 18.9 Å². The third-order valence-electron chi connectivity index (χ3n) is 4.25. The molecule has 6 heteroatoms. The minimum atomic E-state index is -3.37. The molecule has 0 radical (unpaired) electrons. The van der Waals surface area contributed by atoms with Crippen molar-refractivity contribution in [2.24, 2.45) is 0 Å². The molecule has 0 bridgehead atoms. The maximum atomic E-state index is 14.0. The van der Waals surface area contributed by atoms with Gasteiger partial charge in [0.05, 0.1) is 31.5 Å². The van der Waals surface area contributed by atoms with Crippen molar-refractivity contribution in [3.8, 4) is 0 Å². The molecule has 2 aromatic rings. The lowest BCUT2D eigenvalue weighted by Crippen LogP contribution is -2.30. The van der Waals surface area contributed by atoms with Crippen molar-refractivity contribution in [2.45, 2.75) is 19.4 Å². The average Bonchev–Trinajstić information content (AvgIpc) is 2.95. The van der Waals surface area contributed by atoms with E-state index in [1.54, 1.807) is 4.67 Å². The molecule has 3 rings (SSSR count). The summed E-state index contributed by atoms with van der Waals surface area (Å²) in [6, 6.07) is 18.5. The Kier molecular flexibility index (Phi) is 5.60. The zero-order chi connectivity index (χ0) is 18.6. The van der Waals surface area contributed by atoms with E-state index in [1.807, 2.05) is 73.7 Å². The topological polar surface area (TPSA) is 55.8 Å². The van der Waals surface area contributed by atoms with E-state index in [4.69, 9.17) is 9.26 Å². The summed E-state index contributed by atoms with van der Waals surface area (Å²) >= 11 is 0. The van der Waals surface area contributed by atoms with Crippen molar-refractivity contribution in [2.75, 3.05) is 18.4 Å². The van der Waals surface area contributed by atoms with Crippen LogP contribution in [0.2, 0.25) is 0 Å². The highest BCUT2D eigenvalue weighted by atomic mass is 31.2. The van der Waals surface area contributed by atoms with Crippen molar-refractivity contribution < 1.29 is 18.6 Å². The van der Waals surface area contributed by atoms with Crippen LogP contribution < -0.4 is 4.67 Å². The second-order valence-corrected chi connectivity index (χ2v) is 8.10. The second kappa shape index (κ2) is 7.90. The van der Waals surface area contributed by atoms with Crippen LogP contribution in [0.15, 0.2) is 66.7 Å². The normalized spacial score (nSPS) is 22.2. The van der Waals surface area contributed by atoms with Crippen LogP contribution in [0, 0.1) is 0 Å². The number of para-hydroxylation sites is 1. The Bertz CT molecular complexity index is 835. The zero-order valence-electron chi connectivity index (χ0n) is 14.9.